The van der Waals surface area contributed by atoms with E-state index in [9.17, 15) is 19.4 Å². The van der Waals surface area contributed by atoms with Gasteiger partial charge in [-0.3, -0.25) is 4.79 Å². The molecule has 0 saturated carbocycles. The summed E-state index contributed by atoms with van der Waals surface area (Å²) in [6.07, 6.45) is 0. The Balaban J connectivity index is 2.11. The van der Waals surface area contributed by atoms with Gasteiger partial charge in [0, 0.05) is 11.0 Å². The molecule has 0 aliphatic heterocycles. The molecule has 0 unspecified atom stereocenters. The summed E-state index contributed by atoms with van der Waals surface area (Å²) in [5, 5.41) is 21.7. The number of halogens is 2. The SMILES string of the molecule is O=C(NCc1ccc(F)cc1)c1cc(Br)cc(O)c1O. The van der Waals surface area contributed by atoms with Crippen LogP contribution >= 0.6 is 15.9 Å². The van der Waals surface area contributed by atoms with Crippen molar-refractivity contribution in [2.45, 2.75) is 6.54 Å². The number of carbonyl (C=O) groups is 1. The van der Waals surface area contributed by atoms with E-state index < -0.39 is 11.7 Å². The Morgan fingerprint density at radius 2 is 1.85 bits per heavy atom. The van der Waals surface area contributed by atoms with Gasteiger partial charge in [-0.25, -0.2) is 4.39 Å². The van der Waals surface area contributed by atoms with Crippen LogP contribution in [-0.2, 0) is 6.54 Å². The molecule has 0 radical (unpaired) electrons. The van der Waals surface area contributed by atoms with Gasteiger partial charge >= 0.3 is 0 Å². The van der Waals surface area contributed by atoms with E-state index in [2.05, 4.69) is 21.2 Å². The van der Waals surface area contributed by atoms with Crippen LogP contribution in [0.5, 0.6) is 11.5 Å². The third kappa shape index (κ3) is 3.27. The number of carbonyl (C=O) groups excluding carboxylic acids is 1. The van der Waals surface area contributed by atoms with Crippen LogP contribution in [0, 0.1) is 5.82 Å². The van der Waals surface area contributed by atoms with Crippen molar-refractivity contribution in [3.05, 3.63) is 57.8 Å². The predicted molar refractivity (Wildman–Crippen MR) is 75.0 cm³/mol. The Hall–Kier alpha value is -2.08. The van der Waals surface area contributed by atoms with Crippen LogP contribution < -0.4 is 5.32 Å². The lowest BCUT2D eigenvalue weighted by Gasteiger charge is -2.08. The highest BCUT2D eigenvalue weighted by atomic mass is 79.9. The topological polar surface area (TPSA) is 69.6 Å². The molecule has 0 aliphatic rings. The summed E-state index contributed by atoms with van der Waals surface area (Å²) in [7, 11) is 0. The van der Waals surface area contributed by atoms with Gasteiger partial charge in [0.15, 0.2) is 11.5 Å². The number of phenolic OH excluding ortho intramolecular Hbond substituents is 2. The number of aromatic hydroxyl groups is 2. The molecule has 2 aromatic carbocycles. The first-order valence-electron chi connectivity index (χ1n) is 5.71. The molecule has 104 valence electrons. The first kappa shape index (κ1) is 14.3. The average Bonchev–Trinajstić information content (AvgIpc) is 2.42. The highest BCUT2D eigenvalue weighted by Gasteiger charge is 2.15. The lowest BCUT2D eigenvalue weighted by atomic mass is 10.1. The molecule has 0 fully saturated rings. The molecule has 2 aromatic rings. The molecule has 0 saturated heterocycles. The number of hydrogen-bond acceptors (Lipinski definition) is 3. The molecule has 1 amide bonds. The second kappa shape index (κ2) is 5.92. The first-order chi connectivity index (χ1) is 9.47. The average molecular weight is 340 g/mol. The number of rotatable bonds is 3. The molecular weight excluding hydrogens is 329 g/mol. The van der Waals surface area contributed by atoms with Crippen LogP contribution in [0.2, 0.25) is 0 Å². The zero-order valence-corrected chi connectivity index (χ0v) is 11.8. The second-order valence-corrected chi connectivity index (χ2v) is 5.05. The molecule has 0 aromatic heterocycles. The second-order valence-electron chi connectivity index (χ2n) is 4.13. The van der Waals surface area contributed by atoms with Gasteiger partial charge in [-0.2, -0.15) is 0 Å². The number of phenols is 2. The van der Waals surface area contributed by atoms with Crippen molar-refractivity contribution in [1.29, 1.82) is 0 Å². The number of nitrogens with one attached hydrogen (secondary N) is 1. The van der Waals surface area contributed by atoms with Crippen molar-refractivity contribution in [3.63, 3.8) is 0 Å². The maximum absolute atomic E-state index is 12.7. The molecule has 0 aliphatic carbocycles. The van der Waals surface area contributed by atoms with E-state index >= 15 is 0 Å². The largest absolute Gasteiger partial charge is 0.504 e. The van der Waals surface area contributed by atoms with Crippen LogP contribution in [0.3, 0.4) is 0 Å². The van der Waals surface area contributed by atoms with E-state index in [0.717, 1.165) is 5.56 Å². The van der Waals surface area contributed by atoms with E-state index in [4.69, 9.17) is 0 Å². The molecule has 0 heterocycles. The molecule has 2 rings (SSSR count). The lowest BCUT2D eigenvalue weighted by Crippen LogP contribution is -2.22. The van der Waals surface area contributed by atoms with Crippen molar-refractivity contribution in [1.82, 2.24) is 5.32 Å². The van der Waals surface area contributed by atoms with Crippen LogP contribution in [0.25, 0.3) is 0 Å². The van der Waals surface area contributed by atoms with Gasteiger partial charge < -0.3 is 15.5 Å². The van der Waals surface area contributed by atoms with Gasteiger partial charge in [-0.15, -0.1) is 0 Å². The van der Waals surface area contributed by atoms with Crippen molar-refractivity contribution in [3.8, 4) is 11.5 Å². The quantitative estimate of drug-likeness (QED) is 0.753. The van der Waals surface area contributed by atoms with Gasteiger partial charge in [-0.05, 0) is 29.8 Å². The van der Waals surface area contributed by atoms with Gasteiger partial charge in [-0.1, -0.05) is 28.1 Å². The zero-order valence-electron chi connectivity index (χ0n) is 10.2. The fourth-order valence-electron chi connectivity index (χ4n) is 1.64. The van der Waals surface area contributed by atoms with Crippen LogP contribution in [0.1, 0.15) is 15.9 Å². The highest BCUT2D eigenvalue weighted by molar-refractivity contribution is 9.10. The molecule has 0 atom stereocenters. The monoisotopic (exact) mass is 339 g/mol. The molecule has 6 heteroatoms. The highest BCUT2D eigenvalue weighted by Crippen LogP contribution is 2.32. The predicted octanol–water partition coefficient (Wildman–Crippen LogP) is 2.93. The number of hydrogen-bond donors (Lipinski definition) is 3. The van der Waals surface area contributed by atoms with E-state index in [1.165, 1.54) is 24.3 Å². The van der Waals surface area contributed by atoms with Crippen LogP contribution in [0.15, 0.2) is 40.9 Å². The van der Waals surface area contributed by atoms with Crippen LogP contribution in [0.4, 0.5) is 4.39 Å². The van der Waals surface area contributed by atoms with Gasteiger partial charge in [0.25, 0.3) is 5.91 Å². The van der Waals surface area contributed by atoms with E-state index in [-0.39, 0.29) is 23.7 Å². The third-order valence-electron chi connectivity index (χ3n) is 2.67. The Morgan fingerprint density at radius 3 is 2.50 bits per heavy atom. The Labute approximate surface area is 123 Å². The van der Waals surface area contributed by atoms with E-state index in [0.29, 0.717) is 4.47 Å². The summed E-state index contributed by atoms with van der Waals surface area (Å²) >= 11 is 3.13. The minimum Gasteiger partial charge on any atom is -0.504 e. The summed E-state index contributed by atoms with van der Waals surface area (Å²) in [6.45, 7) is 0.186. The summed E-state index contributed by atoms with van der Waals surface area (Å²) in [5.74, 6) is -1.76. The Kier molecular flexibility index (Phi) is 4.24. The molecular formula is C14H11BrFNO3. The van der Waals surface area contributed by atoms with Crippen molar-refractivity contribution < 1.29 is 19.4 Å². The first-order valence-corrected chi connectivity index (χ1v) is 6.51. The normalized spacial score (nSPS) is 10.3. The fourth-order valence-corrected chi connectivity index (χ4v) is 2.08. The summed E-state index contributed by atoms with van der Waals surface area (Å²) in [4.78, 5) is 11.9. The fraction of sp³-hybridized carbons (Fsp3) is 0.0714. The van der Waals surface area contributed by atoms with Gasteiger partial charge in [0.2, 0.25) is 0 Å². The Morgan fingerprint density at radius 1 is 1.20 bits per heavy atom. The van der Waals surface area contributed by atoms with Gasteiger partial charge in [0.1, 0.15) is 5.82 Å². The van der Waals surface area contributed by atoms with Gasteiger partial charge in [0.05, 0.1) is 5.56 Å². The molecule has 4 nitrogen and oxygen atoms in total. The molecule has 3 N–H and O–H groups in total. The number of amides is 1. The van der Waals surface area contributed by atoms with Crippen LogP contribution in [-0.4, -0.2) is 16.1 Å². The zero-order chi connectivity index (χ0) is 14.7. The molecule has 0 spiro atoms. The molecule has 20 heavy (non-hydrogen) atoms. The van der Waals surface area contributed by atoms with Crippen molar-refractivity contribution >= 4 is 21.8 Å². The van der Waals surface area contributed by atoms with E-state index in [1.807, 2.05) is 0 Å². The molecule has 0 bridgehead atoms. The summed E-state index contributed by atoms with van der Waals surface area (Å²) in [6, 6.07) is 8.37. The Bertz CT molecular complexity index is 644. The lowest BCUT2D eigenvalue weighted by molar-refractivity contribution is 0.0947. The minimum atomic E-state index is -0.538. The summed E-state index contributed by atoms with van der Waals surface area (Å²) < 4.78 is 13.2. The number of benzene rings is 2. The summed E-state index contributed by atoms with van der Waals surface area (Å²) in [5.41, 5.74) is 0.678. The van der Waals surface area contributed by atoms with Crippen molar-refractivity contribution in [2.24, 2.45) is 0 Å². The minimum absolute atomic E-state index is 0.0426. The maximum atomic E-state index is 12.7. The van der Waals surface area contributed by atoms with E-state index in [1.54, 1.807) is 12.1 Å². The third-order valence-corrected chi connectivity index (χ3v) is 3.12. The standard InChI is InChI=1S/C14H11BrFNO3/c15-9-5-11(13(19)12(18)6-9)14(20)17-7-8-1-3-10(16)4-2-8/h1-6,18-19H,7H2,(H,17,20). The smallest absolute Gasteiger partial charge is 0.255 e. The maximum Gasteiger partial charge on any atom is 0.255 e. The van der Waals surface area contributed by atoms with Crippen molar-refractivity contribution in [2.75, 3.05) is 0 Å².